The maximum Gasteiger partial charge on any atom is 0.573 e. The van der Waals surface area contributed by atoms with Crippen LogP contribution in [0.15, 0.2) is 42.5 Å². The molecule has 0 saturated carbocycles. The first kappa shape index (κ1) is 17.2. The number of carbonyl (C=O) groups excluding carboxylic acids is 1. The Morgan fingerprint density at radius 3 is 2.17 bits per heavy atom. The SMILES string of the molecule is O=C(Nc1cc(Cl)cc(Cl)c1)Nc1cccc(OC(F)(F)F)c1. The average molecular weight is 365 g/mol. The molecule has 0 bridgehead atoms. The first-order chi connectivity index (χ1) is 10.7. The molecule has 0 aliphatic rings. The van der Waals surface area contributed by atoms with Gasteiger partial charge in [0.2, 0.25) is 0 Å². The second-order valence-electron chi connectivity index (χ2n) is 4.31. The van der Waals surface area contributed by atoms with Crippen molar-refractivity contribution in [2.24, 2.45) is 0 Å². The van der Waals surface area contributed by atoms with Crippen molar-refractivity contribution in [3.8, 4) is 5.75 Å². The van der Waals surface area contributed by atoms with Gasteiger partial charge in [-0.05, 0) is 30.3 Å². The van der Waals surface area contributed by atoms with Gasteiger partial charge in [0.05, 0.1) is 0 Å². The van der Waals surface area contributed by atoms with Crippen molar-refractivity contribution < 1.29 is 22.7 Å². The number of ether oxygens (including phenoxy) is 1. The lowest BCUT2D eigenvalue weighted by molar-refractivity contribution is -0.274. The Kier molecular flexibility index (Phi) is 5.23. The largest absolute Gasteiger partial charge is 0.573 e. The zero-order chi connectivity index (χ0) is 17.0. The summed E-state index contributed by atoms with van der Waals surface area (Å²) in [5, 5.41) is 5.48. The fraction of sp³-hybridized carbons (Fsp3) is 0.0714. The van der Waals surface area contributed by atoms with Crippen LogP contribution in [0, 0.1) is 0 Å². The Labute approximate surface area is 139 Å². The van der Waals surface area contributed by atoms with Gasteiger partial charge in [-0.2, -0.15) is 0 Å². The molecule has 0 aliphatic heterocycles. The predicted molar refractivity (Wildman–Crippen MR) is 82.2 cm³/mol. The molecule has 0 aromatic heterocycles. The van der Waals surface area contributed by atoms with Gasteiger partial charge in [-0.25, -0.2) is 4.79 Å². The fourth-order valence-corrected chi connectivity index (χ4v) is 2.22. The maximum absolute atomic E-state index is 12.2. The van der Waals surface area contributed by atoms with E-state index in [-0.39, 0.29) is 5.69 Å². The summed E-state index contributed by atoms with van der Waals surface area (Å²) < 4.78 is 40.2. The minimum absolute atomic E-state index is 0.123. The summed E-state index contributed by atoms with van der Waals surface area (Å²) in [7, 11) is 0. The lowest BCUT2D eigenvalue weighted by Crippen LogP contribution is -2.20. The van der Waals surface area contributed by atoms with Gasteiger partial charge in [-0.15, -0.1) is 13.2 Å². The highest BCUT2D eigenvalue weighted by Gasteiger charge is 2.31. The van der Waals surface area contributed by atoms with E-state index in [1.807, 2.05) is 0 Å². The van der Waals surface area contributed by atoms with E-state index in [9.17, 15) is 18.0 Å². The summed E-state index contributed by atoms with van der Waals surface area (Å²) in [6, 6.07) is 8.63. The average Bonchev–Trinajstić information content (AvgIpc) is 2.35. The van der Waals surface area contributed by atoms with Crippen LogP contribution in [-0.2, 0) is 0 Å². The molecular formula is C14H9Cl2F3N2O2. The first-order valence-electron chi connectivity index (χ1n) is 6.11. The molecule has 0 aliphatic carbocycles. The Morgan fingerprint density at radius 2 is 1.57 bits per heavy atom. The van der Waals surface area contributed by atoms with E-state index in [4.69, 9.17) is 23.2 Å². The van der Waals surface area contributed by atoms with Crippen molar-refractivity contribution >= 4 is 40.6 Å². The molecule has 2 N–H and O–H groups in total. The van der Waals surface area contributed by atoms with Crippen LogP contribution in [0.25, 0.3) is 0 Å². The normalized spacial score (nSPS) is 11.0. The highest BCUT2D eigenvalue weighted by atomic mass is 35.5. The number of hydrogen-bond acceptors (Lipinski definition) is 2. The molecule has 0 spiro atoms. The molecule has 0 atom stereocenters. The van der Waals surface area contributed by atoms with E-state index in [1.165, 1.54) is 30.3 Å². The van der Waals surface area contributed by atoms with Crippen LogP contribution >= 0.6 is 23.2 Å². The van der Waals surface area contributed by atoms with Gasteiger partial charge in [-0.1, -0.05) is 29.3 Å². The standard InChI is InChI=1S/C14H9Cl2F3N2O2/c15-8-4-9(16)6-11(5-8)21-13(22)20-10-2-1-3-12(7-10)23-14(17,18)19/h1-7H,(H2,20,21,22). The molecule has 4 nitrogen and oxygen atoms in total. The van der Waals surface area contributed by atoms with Crippen molar-refractivity contribution in [2.45, 2.75) is 6.36 Å². The first-order valence-corrected chi connectivity index (χ1v) is 6.87. The summed E-state index contributed by atoms with van der Waals surface area (Å²) in [5.41, 5.74) is 0.458. The van der Waals surface area contributed by atoms with Gasteiger partial charge in [0.25, 0.3) is 0 Å². The summed E-state index contributed by atoms with van der Waals surface area (Å²) in [5.74, 6) is -0.443. The highest BCUT2D eigenvalue weighted by Crippen LogP contribution is 2.26. The summed E-state index contributed by atoms with van der Waals surface area (Å²) in [6.07, 6.45) is -4.81. The third kappa shape index (κ3) is 5.88. The van der Waals surface area contributed by atoms with E-state index in [0.29, 0.717) is 15.7 Å². The highest BCUT2D eigenvalue weighted by molar-refractivity contribution is 6.35. The van der Waals surface area contributed by atoms with Gasteiger partial charge in [0.1, 0.15) is 5.75 Å². The van der Waals surface area contributed by atoms with Gasteiger partial charge in [-0.3, -0.25) is 0 Å². The number of hydrogen-bond donors (Lipinski definition) is 2. The van der Waals surface area contributed by atoms with Crippen LogP contribution in [0.3, 0.4) is 0 Å². The van der Waals surface area contributed by atoms with E-state index in [1.54, 1.807) is 0 Å². The summed E-state index contributed by atoms with van der Waals surface area (Å²) in [6.45, 7) is 0. The molecule has 0 saturated heterocycles. The third-order valence-corrected chi connectivity index (χ3v) is 2.88. The lowest BCUT2D eigenvalue weighted by Gasteiger charge is -2.11. The number of alkyl halides is 3. The maximum atomic E-state index is 12.2. The van der Waals surface area contributed by atoms with Crippen molar-refractivity contribution in [1.82, 2.24) is 0 Å². The number of urea groups is 1. The minimum Gasteiger partial charge on any atom is -0.406 e. The van der Waals surface area contributed by atoms with Crippen LogP contribution in [0.4, 0.5) is 29.3 Å². The molecular weight excluding hydrogens is 356 g/mol. The molecule has 0 radical (unpaired) electrons. The van der Waals surface area contributed by atoms with E-state index >= 15 is 0 Å². The van der Waals surface area contributed by atoms with Gasteiger partial charge in [0.15, 0.2) is 0 Å². The van der Waals surface area contributed by atoms with Crippen LogP contribution in [0.2, 0.25) is 10.0 Å². The molecule has 9 heteroatoms. The van der Waals surface area contributed by atoms with Crippen LogP contribution in [-0.4, -0.2) is 12.4 Å². The minimum atomic E-state index is -4.81. The number of benzene rings is 2. The van der Waals surface area contributed by atoms with Gasteiger partial charge < -0.3 is 15.4 Å². The molecule has 2 aromatic carbocycles. The molecule has 23 heavy (non-hydrogen) atoms. The topological polar surface area (TPSA) is 50.4 Å². The van der Waals surface area contributed by atoms with Crippen molar-refractivity contribution in [2.75, 3.05) is 10.6 Å². The number of carbonyl (C=O) groups is 1. The van der Waals surface area contributed by atoms with Crippen molar-refractivity contribution in [3.05, 3.63) is 52.5 Å². The van der Waals surface area contributed by atoms with E-state index in [0.717, 1.165) is 12.1 Å². The van der Waals surface area contributed by atoms with Gasteiger partial charge in [0, 0.05) is 27.5 Å². The molecule has 122 valence electrons. The third-order valence-electron chi connectivity index (χ3n) is 2.45. The quantitative estimate of drug-likeness (QED) is 0.751. The number of nitrogens with one attached hydrogen (secondary N) is 2. The van der Waals surface area contributed by atoms with E-state index < -0.39 is 18.1 Å². The molecule has 0 unspecified atom stereocenters. The van der Waals surface area contributed by atoms with Crippen LogP contribution in [0.5, 0.6) is 5.75 Å². The Balaban J connectivity index is 2.04. The number of halogens is 5. The fourth-order valence-electron chi connectivity index (χ4n) is 1.69. The lowest BCUT2D eigenvalue weighted by atomic mass is 10.3. The second kappa shape index (κ2) is 6.97. The predicted octanol–water partition coefficient (Wildman–Crippen LogP) is 5.54. The number of anilines is 2. The summed E-state index contributed by atoms with van der Waals surface area (Å²) in [4.78, 5) is 11.8. The zero-order valence-corrected chi connectivity index (χ0v) is 12.8. The molecule has 2 amide bonds. The molecule has 0 fully saturated rings. The van der Waals surface area contributed by atoms with Crippen LogP contribution < -0.4 is 15.4 Å². The zero-order valence-electron chi connectivity index (χ0n) is 11.2. The summed E-state index contributed by atoms with van der Waals surface area (Å²) >= 11 is 11.6. The smallest absolute Gasteiger partial charge is 0.406 e. The van der Waals surface area contributed by atoms with E-state index in [2.05, 4.69) is 15.4 Å². The molecule has 2 rings (SSSR count). The molecule has 2 aromatic rings. The molecule has 0 heterocycles. The monoisotopic (exact) mass is 364 g/mol. The number of rotatable bonds is 3. The second-order valence-corrected chi connectivity index (χ2v) is 5.19. The van der Waals surface area contributed by atoms with Crippen LogP contribution in [0.1, 0.15) is 0 Å². The Bertz CT molecular complexity index is 703. The Morgan fingerprint density at radius 1 is 0.957 bits per heavy atom. The number of amides is 2. The Hall–Kier alpha value is -2.12. The van der Waals surface area contributed by atoms with Crippen molar-refractivity contribution in [1.29, 1.82) is 0 Å². The van der Waals surface area contributed by atoms with Gasteiger partial charge >= 0.3 is 12.4 Å². The van der Waals surface area contributed by atoms with Crippen molar-refractivity contribution in [3.63, 3.8) is 0 Å².